The van der Waals surface area contributed by atoms with Gasteiger partial charge in [-0.2, -0.15) is 13.2 Å². The van der Waals surface area contributed by atoms with Crippen molar-refractivity contribution in [1.29, 1.82) is 0 Å². The number of amides is 2. The number of halogens is 3. The molecule has 1 atom stereocenters. The molecule has 1 aliphatic carbocycles. The minimum Gasteiger partial charge on any atom is -0.394 e. The van der Waals surface area contributed by atoms with Crippen molar-refractivity contribution < 1.29 is 37.5 Å². The van der Waals surface area contributed by atoms with Gasteiger partial charge in [0.1, 0.15) is 6.04 Å². The Hall–Kier alpha value is -4.31. The van der Waals surface area contributed by atoms with Crippen LogP contribution >= 0.6 is 0 Å². The second-order valence-corrected chi connectivity index (χ2v) is 7.74. The fraction of sp³-hybridized carbons (Fsp3) is 0.120. The lowest BCUT2D eigenvalue weighted by atomic mass is 9.83. The molecular formula is C25H17F3N2O5. The van der Waals surface area contributed by atoms with E-state index in [1.165, 1.54) is 36.4 Å². The van der Waals surface area contributed by atoms with Crippen LogP contribution in [0.1, 0.15) is 47.8 Å². The second kappa shape index (κ2) is 9.15. The summed E-state index contributed by atoms with van der Waals surface area (Å²) in [5.74, 6) is -2.58. The topological polar surface area (TPSA) is 113 Å². The van der Waals surface area contributed by atoms with E-state index in [2.05, 4.69) is 10.6 Å². The third kappa shape index (κ3) is 4.69. The molecule has 0 heterocycles. The third-order valence-electron chi connectivity index (χ3n) is 5.45. The number of ketones is 2. The minimum absolute atomic E-state index is 0.0234. The number of fused-ring (bicyclic) bond motifs is 2. The average Bonchev–Trinajstić information content (AvgIpc) is 2.85. The predicted octanol–water partition coefficient (Wildman–Crippen LogP) is 3.21. The standard InChI is InChI=1S/C25H17F3N2O5/c26-25(27,28)14-4-3-5-15(11-14)29-24(35)20(12-31)30-23(34)13-8-9-18-19(10-13)22(33)17-7-2-1-6-16(17)21(18)32/h1-11,20,31H,12H2,(H,29,35)(H,30,34)/t20-/m0/s1. The number of hydrogen-bond acceptors (Lipinski definition) is 5. The Morgan fingerprint density at radius 2 is 1.46 bits per heavy atom. The largest absolute Gasteiger partial charge is 0.416 e. The maximum atomic E-state index is 12.9. The summed E-state index contributed by atoms with van der Waals surface area (Å²) < 4.78 is 38.7. The molecule has 178 valence electrons. The summed E-state index contributed by atoms with van der Waals surface area (Å²) in [5.41, 5.74) is -0.579. The van der Waals surface area contributed by atoms with E-state index >= 15 is 0 Å². The van der Waals surface area contributed by atoms with E-state index in [1.54, 1.807) is 12.1 Å². The molecule has 3 N–H and O–H groups in total. The molecule has 10 heteroatoms. The van der Waals surface area contributed by atoms with Crippen LogP contribution in [0, 0.1) is 0 Å². The first kappa shape index (κ1) is 23.8. The highest BCUT2D eigenvalue weighted by Gasteiger charge is 2.32. The van der Waals surface area contributed by atoms with Gasteiger partial charge in [0.05, 0.1) is 12.2 Å². The van der Waals surface area contributed by atoms with E-state index < -0.39 is 42.0 Å². The molecule has 0 saturated carbocycles. The van der Waals surface area contributed by atoms with E-state index in [4.69, 9.17) is 0 Å². The van der Waals surface area contributed by atoms with Gasteiger partial charge in [0.2, 0.25) is 5.91 Å². The summed E-state index contributed by atoms with van der Waals surface area (Å²) in [4.78, 5) is 50.7. The lowest BCUT2D eigenvalue weighted by Crippen LogP contribution is -2.46. The SMILES string of the molecule is O=C(N[C@@H](CO)C(=O)Nc1cccc(C(F)(F)F)c1)c1ccc2c(c1)C(=O)c1ccccc1C2=O. The first-order chi connectivity index (χ1) is 16.6. The fourth-order valence-electron chi connectivity index (χ4n) is 3.68. The molecule has 0 saturated heterocycles. The van der Waals surface area contributed by atoms with Gasteiger partial charge in [-0.3, -0.25) is 19.2 Å². The van der Waals surface area contributed by atoms with Gasteiger partial charge in [0.25, 0.3) is 5.91 Å². The van der Waals surface area contributed by atoms with Crippen LogP contribution in [0.15, 0.2) is 66.7 Å². The Morgan fingerprint density at radius 3 is 2.09 bits per heavy atom. The first-order valence-electron chi connectivity index (χ1n) is 10.3. The first-order valence-corrected chi connectivity index (χ1v) is 10.3. The average molecular weight is 482 g/mol. The van der Waals surface area contributed by atoms with Crippen molar-refractivity contribution in [2.24, 2.45) is 0 Å². The van der Waals surface area contributed by atoms with Gasteiger partial charge in [0, 0.05) is 33.5 Å². The number of aliphatic hydroxyl groups excluding tert-OH is 1. The molecule has 4 rings (SSSR count). The van der Waals surface area contributed by atoms with Crippen molar-refractivity contribution >= 4 is 29.1 Å². The smallest absolute Gasteiger partial charge is 0.394 e. The zero-order valence-corrected chi connectivity index (χ0v) is 17.8. The van der Waals surface area contributed by atoms with Crippen LogP contribution in [0.3, 0.4) is 0 Å². The van der Waals surface area contributed by atoms with E-state index in [9.17, 15) is 37.5 Å². The van der Waals surface area contributed by atoms with Gasteiger partial charge in [-0.25, -0.2) is 0 Å². The number of alkyl halides is 3. The summed E-state index contributed by atoms with van der Waals surface area (Å²) >= 11 is 0. The van der Waals surface area contributed by atoms with Crippen molar-refractivity contribution in [3.8, 4) is 0 Å². The molecule has 2 amide bonds. The zero-order valence-electron chi connectivity index (χ0n) is 17.8. The molecule has 3 aromatic rings. The molecule has 0 aliphatic heterocycles. The number of benzene rings is 3. The van der Waals surface area contributed by atoms with Crippen LogP contribution in [0.2, 0.25) is 0 Å². The van der Waals surface area contributed by atoms with Gasteiger partial charge in [-0.05, 0) is 36.4 Å². The van der Waals surface area contributed by atoms with Crippen molar-refractivity contribution in [1.82, 2.24) is 5.32 Å². The number of carbonyl (C=O) groups excluding carboxylic acids is 4. The molecule has 1 aliphatic rings. The Balaban J connectivity index is 1.52. The molecular weight excluding hydrogens is 465 g/mol. The summed E-state index contributed by atoms with van der Waals surface area (Å²) in [5, 5.41) is 14.1. The van der Waals surface area contributed by atoms with Crippen molar-refractivity contribution in [2.45, 2.75) is 12.2 Å². The van der Waals surface area contributed by atoms with Crippen LogP contribution in [-0.2, 0) is 11.0 Å². The molecule has 0 aromatic heterocycles. The molecule has 0 unspecified atom stereocenters. The van der Waals surface area contributed by atoms with Gasteiger partial charge in [0.15, 0.2) is 11.6 Å². The maximum Gasteiger partial charge on any atom is 0.416 e. The van der Waals surface area contributed by atoms with Crippen molar-refractivity contribution in [3.05, 3.63) is 100 Å². The van der Waals surface area contributed by atoms with E-state index in [0.717, 1.165) is 18.2 Å². The normalized spacial score (nSPS) is 13.5. The predicted molar refractivity (Wildman–Crippen MR) is 118 cm³/mol. The number of rotatable bonds is 5. The Morgan fingerprint density at radius 1 is 0.829 bits per heavy atom. The quantitative estimate of drug-likeness (QED) is 0.405. The number of anilines is 1. The lowest BCUT2D eigenvalue weighted by Gasteiger charge is -2.19. The van der Waals surface area contributed by atoms with Gasteiger partial charge < -0.3 is 15.7 Å². The summed E-state index contributed by atoms with van der Waals surface area (Å²) in [6.45, 7) is -0.841. The zero-order chi connectivity index (χ0) is 25.3. The molecule has 0 radical (unpaired) electrons. The molecule has 3 aromatic carbocycles. The number of carbonyl (C=O) groups is 4. The molecule has 0 fully saturated rings. The Bertz CT molecular complexity index is 1370. The lowest BCUT2D eigenvalue weighted by molar-refractivity contribution is -0.137. The second-order valence-electron chi connectivity index (χ2n) is 7.74. The number of nitrogens with one attached hydrogen (secondary N) is 2. The molecule has 7 nitrogen and oxygen atoms in total. The van der Waals surface area contributed by atoms with E-state index in [1.807, 2.05) is 0 Å². The highest BCUT2D eigenvalue weighted by molar-refractivity contribution is 6.28. The molecule has 0 bridgehead atoms. The number of hydrogen-bond donors (Lipinski definition) is 3. The molecule has 35 heavy (non-hydrogen) atoms. The maximum absolute atomic E-state index is 12.9. The Labute approximate surface area is 196 Å². The summed E-state index contributed by atoms with van der Waals surface area (Å²) in [6, 6.07) is 12.5. The Kier molecular flexibility index (Phi) is 6.23. The summed E-state index contributed by atoms with van der Waals surface area (Å²) in [7, 11) is 0. The van der Waals surface area contributed by atoms with Gasteiger partial charge in [-0.15, -0.1) is 0 Å². The van der Waals surface area contributed by atoms with Crippen molar-refractivity contribution in [3.63, 3.8) is 0 Å². The number of aliphatic hydroxyl groups is 1. The summed E-state index contributed by atoms with van der Waals surface area (Å²) in [6.07, 6.45) is -4.61. The fourth-order valence-corrected chi connectivity index (χ4v) is 3.68. The van der Waals surface area contributed by atoms with Crippen LogP contribution in [-0.4, -0.2) is 41.1 Å². The highest BCUT2D eigenvalue weighted by Crippen LogP contribution is 2.31. The monoisotopic (exact) mass is 482 g/mol. The third-order valence-corrected chi connectivity index (χ3v) is 5.45. The van der Waals surface area contributed by atoms with Gasteiger partial charge in [-0.1, -0.05) is 30.3 Å². The molecule has 0 spiro atoms. The van der Waals surface area contributed by atoms with Crippen LogP contribution in [0.5, 0.6) is 0 Å². The van der Waals surface area contributed by atoms with E-state index in [0.29, 0.717) is 0 Å². The van der Waals surface area contributed by atoms with Crippen LogP contribution < -0.4 is 10.6 Å². The van der Waals surface area contributed by atoms with E-state index in [-0.39, 0.29) is 39.3 Å². The van der Waals surface area contributed by atoms with Crippen LogP contribution in [0.25, 0.3) is 0 Å². The van der Waals surface area contributed by atoms with Crippen LogP contribution in [0.4, 0.5) is 18.9 Å². The highest BCUT2D eigenvalue weighted by atomic mass is 19.4. The minimum atomic E-state index is -4.61. The van der Waals surface area contributed by atoms with Crippen molar-refractivity contribution in [2.75, 3.05) is 11.9 Å². The van der Waals surface area contributed by atoms with Gasteiger partial charge >= 0.3 is 6.18 Å².